The lowest BCUT2D eigenvalue weighted by Gasteiger charge is -2.25. The van der Waals surface area contributed by atoms with Gasteiger partial charge in [-0.2, -0.15) is 0 Å². The summed E-state index contributed by atoms with van der Waals surface area (Å²) < 4.78 is 26.4. The van der Waals surface area contributed by atoms with E-state index in [2.05, 4.69) is 20.8 Å². The predicted octanol–water partition coefficient (Wildman–Crippen LogP) is 5.65. The summed E-state index contributed by atoms with van der Waals surface area (Å²) in [5, 5.41) is 9.27. The standard InChI is InChI=1S/C24H22FNO5.C4H10/c1-30-9-2-10-31-23-11-16-7-8-26-14-20(24(28)29)22(27)13-21(26)18(16)12-19(23)15-3-5-17(25)6-4-15;1-4(2)3/h3-6,11-14H,2,7-10H2,1H3,(H,28,29);4H,1-3H3. The van der Waals surface area contributed by atoms with Gasteiger partial charge in [0.05, 0.1) is 12.3 Å². The average molecular weight is 482 g/mol. The number of carboxylic acid groups (broad SMARTS) is 1. The minimum Gasteiger partial charge on any atom is -0.493 e. The smallest absolute Gasteiger partial charge is 0.341 e. The van der Waals surface area contributed by atoms with Gasteiger partial charge in [0.2, 0.25) is 0 Å². The Bertz CT molecular complexity index is 1230. The van der Waals surface area contributed by atoms with Gasteiger partial charge < -0.3 is 19.1 Å². The molecule has 0 bridgehead atoms. The Morgan fingerprint density at radius 3 is 2.40 bits per heavy atom. The van der Waals surface area contributed by atoms with E-state index in [4.69, 9.17) is 9.47 Å². The lowest BCUT2D eigenvalue weighted by atomic mass is 9.91. The number of benzene rings is 2. The second kappa shape index (κ2) is 11.8. The number of halogens is 1. The summed E-state index contributed by atoms with van der Waals surface area (Å²) in [4.78, 5) is 23.7. The Balaban J connectivity index is 0.000000795. The minimum atomic E-state index is -1.24. The van der Waals surface area contributed by atoms with Crippen LogP contribution in [-0.4, -0.2) is 36.0 Å². The van der Waals surface area contributed by atoms with Crippen LogP contribution >= 0.6 is 0 Å². The number of aromatic carboxylic acids is 1. The second-order valence-electron chi connectivity index (χ2n) is 9.12. The first-order valence-electron chi connectivity index (χ1n) is 11.7. The molecule has 0 unspecified atom stereocenters. The third-order valence-corrected chi connectivity index (χ3v) is 5.37. The summed E-state index contributed by atoms with van der Waals surface area (Å²) in [5.41, 5.74) is 3.29. The number of aromatic nitrogens is 1. The maximum absolute atomic E-state index is 13.5. The van der Waals surface area contributed by atoms with Crippen LogP contribution in [0, 0.1) is 11.7 Å². The SMILES string of the molecule is CC(C)C.COCCCOc1cc2c(cc1-c1ccc(F)cc1)-c1cc(=O)c(C(=O)O)cn1CC2. The maximum atomic E-state index is 13.5. The lowest BCUT2D eigenvalue weighted by Crippen LogP contribution is -2.22. The van der Waals surface area contributed by atoms with E-state index < -0.39 is 11.4 Å². The van der Waals surface area contributed by atoms with E-state index in [0.29, 0.717) is 37.6 Å². The van der Waals surface area contributed by atoms with Crippen LogP contribution in [0.15, 0.2) is 53.5 Å². The Morgan fingerprint density at radius 2 is 1.77 bits per heavy atom. The van der Waals surface area contributed by atoms with Gasteiger partial charge in [-0.3, -0.25) is 4.79 Å². The molecule has 0 atom stereocenters. The molecule has 0 saturated carbocycles. The van der Waals surface area contributed by atoms with Crippen molar-refractivity contribution < 1.29 is 23.8 Å². The number of ether oxygens (including phenoxy) is 2. The molecule has 0 radical (unpaired) electrons. The first kappa shape index (κ1) is 26.2. The van der Waals surface area contributed by atoms with E-state index in [9.17, 15) is 19.1 Å². The number of fused-ring (bicyclic) bond motifs is 3. The van der Waals surface area contributed by atoms with E-state index in [1.54, 1.807) is 23.8 Å². The van der Waals surface area contributed by atoms with Gasteiger partial charge in [-0.05, 0) is 47.7 Å². The van der Waals surface area contributed by atoms with E-state index >= 15 is 0 Å². The largest absolute Gasteiger partial charge is 0.493 e. The number of aryl methyl sites for hydroxylation is 2. The molecule has 0 amide bonds. The lowest BCUT2D eigenvalue weighted by molar-refractivity contribution is 0.0694. The molecule has 35 heavy (non-hydrogen) atoms. The van der Waals surface area contributed by atoms with Crippen molar-refractivity contribution in [3.8, 4) is 28.1 Å². The molecule has 1 N–H and O–H groups in total. The van der Waals surface area contributed by atoms with Crippen molar-refractivity contribution in [3.05, 3.63) is 75.8 Å². The van der Waals surface area contributed by atoms with E-state index in [0.717, 1.165) is 34.6 Å². The molecule has 2 aromatic carbocycles. The van der Waals surface area contributed by atoms with Crippen molar-refractivity contribution in [1.82, 2.24) is 4.57 Å². The molecule has 0 spiro atoms. The number of carbonyl (C=O) groups is 1. The molecular formula is C28H32FNO5. The first-order valence-corrected chi connectivity index (χ1v) is 11.7. The molecule has 7 heteroatoms. The highest BCUT2D eigenvalue weighted by Gasteiger charge is 2.22. The van der Waals surface area contributed by atoms with Crippen molar-refractivity contribution in [2.45, 2.75) is 40.2 Å². The van der Waals surface area contributed by atoms with Crippen LogP contribution in [0.5, 0.6) is 5.75 Å². The second-order valence-corrected chi connectivity index (χ2v) is 9.12. The van der Waals surface area contributed by atoms with Gasteiger partial charge in [-0.25, -0.2) is 9.18 Å². The Hall–Kier alpha value is -3.45. The van der Waals surface area contributed by atoms with Gasteiger partial charge in [0.25, 0.3) is 0 Å². The summed E-state index contributed by atoms with van der Waals surface area (Å²) in [6.45, 7) is 8.11. The zero-order chi connectivity index (χ0) is 25.5. The van der Waals surface area contributed by atoms with Crippen LogP contribution in [-0.2, 0) is 17.7 Å². The summed E-state index contributed by atoms with van der Waals surface area (Å²) in [6, 6.07) is 11.4. The third kappa shape index (κ3) is 6.57. The van der Waals surface area contributed by atoms with Crippen LogP contribution in [0.4, 0.5) is 4.39 Å². The normalized spacial score (nSPS) is 11.8. The summed E-state index contributed by atoms with van der Waals surface area (Å²) >= 11 is 0. The number of pyridine rings is 1. The van der Waals surface area contributed by atoms with Gasteiger partial charge in [0, 0.05) is 50.1 Å². The van der Waals surface area contributed by atoms with E-state index in [1.165, 1.54) is 24.4 Å². The van der Waals surface area contributed by atoms with Crippen LogP contribution in [0.3, 0.4) is 0 Å². The highest BCUT2D eigenvalue weighted by atomic mass is 19.1. The molecule has 0 fully saturated rings. The highest BCUT2D eigenvalue weighted by molar-refractivity contribution is 5.88. The van der Waals surface area contributed by atoms with Gasteiger partial charge in [0.1, 0.15) is 17.1 Å². The van der Waals surface area contributed by atoms with Crippen molar-refractivity contribution in [2.75, 3.05) is 20.3 Å². The molecule has 4 rings (SSSR count). The zero-order valence-electron chi connectivity index (χ0n) is 20.6. The van der Waals surface area contributed by atoms with Gasteiger partial charge in [0.15, 0.2) is 5.43 Å². The molecule has 186 valence electrons. The molecule has 0 aliphatic carbocycles. The van der Waals surface area contributed by atoms with Crippen molar-refractivity contribution in [3.63, 3.8) is 0 Å². The predicted molar refractivity (Wildman–Crippen MR) is 135 cm³/mol. The van der Waals surface area contributed by atoms with Crippen molar-refractivity contribution >= 4 is 5.97 Å². The molecule has 3 aromatic rings. The van der Waals surface area contributed by atoms with E-state index in [-0.39, 0.29) is 11.4 Å². The monoisotopic (exact) mass is 481 g/mol. The summed E-state index contributed by atoms with van der Waals surface area (Å²) in [7, 11) is 1.64. The topological polar surface area (TPSA) is 77.8 Å². The quantitative estimate of drug-likeness (QED) is 0.441. The van der Waals surface area contributed by atoms with Crippen molar-refractivity contribution in [1.29, 1.82) is 0 Å². The zero-order valence-corrected chi connectivity index (χ0v) is 20.6. The van der Waals surface area contributed by atoms with Crippen molar-refractivity contribution in [2.24, 2.45) is 5.92 Å². The number of rotatable bonds is 7. The Labute approximate surface area is 204 Å². The van der Waals surface area contributed by atoms with Gasteiger partial charge in [-0.1, -0.05) is 32.9 Å². The average Bonchev–Trinajstić information content (AvgIpc) is 2.81. The fourth-order valence-electron chi connectivity index (χ4n) is 3.82. The number of methoxy groups -OCH3 is 1. The molecular weight excluding hydrogens is 449 g/mol. The maximum Gasteiger partial charge on any atom is 0.341 e. The fourth-order valence-corrected chi connectivity index (χ4v) is 3.82. The van der Waals surface area contributed by atoms with Gasteiger partial charge >= 0.3 is 5.97 Å². The third-order valence-electron chi connectivity index (χ3n) is 5.37. The summed E-state index contributed by atoms with van der Waals surface area (Å²) in [6.07, 6.45) is 2.80. The van der Waals surface area contributed by atoms with Crippen LogP contribution in [0.2, 0.25) is 0 Å². The molecule has 2 heterocycles. The number of nitrogens with zero attached hydrogens (tertiary/aromatic N) is 1. The minimum absolute atomic E-state index is 0.246. The molecule has 1 aliphatic rings. The fraction of sp³-hybridized carbons (Fsp3) is 0.357. The number of carboxylic acids is 1. The van der Waals surface area contributed by atoms with Gasteiger partial charge in [-0.15, -0.1) is 0 Å². The number of hydrogen-bond donors (Lipinski definition) is 1. The first-order chi connectivity index (χ1) is 16.7. The molecule has 1 aromatic heterocycles. The summed E-state index contributed by atoms with van der Waals surface area (Å²) in [5.74, 6) is -0.0558. The van der Waals surface area contributed by atoms with Crippen LogP contribution < -0.4 is 10.2 Å². The van der Waals surface area contributed by atoms with Crippen LogP contribution in [0.1, 0.15) is 43.1 Å². The Morgan fingerprint density at radius 1 is 1.09 bits per heavy atom. The Kier molecular flexibility index (Phi) is 8.82. The molecule has 6 nitrogen and oxygen atoms in total. The number of hydrogen-bond acceptors (Lipinski definition) is 4. The molecule has 1 aliphatic heterocycles. The highest BCUT2D eigenvalue weighted by Crippen LogP contribution is 2.39. The van der Waals surface area contributed by atoms with E-state index in [1.807, 2.05) is 12.1 Å². The molecule has 0 saturated heterocycles. The van der Waals surface area contributed by atoms with Crippen LogP contribution in [0.25, 0.3) is 22.4 Å².